The Hall–Kier alpha value is -0.140. The van der Waals surface area contributed by atoms with Crippen LogP contribution in [0.25, 0.3) is 0 Å². The van der Waals surface area contributed by atoms with Crippen molar-refractivity contribution in [2.75, 3.05) is 13.2 Å². The number of hydrogen-bond donors (Lipinski definition) is 2. The highest BCUT2D eigenvalue weighted by atomic mass is 127. The van der Waals surface area contributed by atoms with E-state index in [1.807, 2.05) is 18.2 Å². The fourth-order valence-corrected chi connectivity index (χ4v) is 3.53. The van der Waals surface area contributed by atoms with Gasteiger partial charge in [-0.3, -0.25) is 4.79 Å². The third-order valence-corrected chi connectivity index (χ3v) is 5.11. The van der Waals surface area contributed by atoms with Crippen molar-refractivity contribution in [1.82, 2.24) is 5.32 Å². The zero-order valence-corrected chi connectivity index (χ0v) is 14.3. The van der Waals surface area contributed by atoms with Crippen LogP contribution in [-0.4, -0.2) is 24.2 Å². The standard InChI is InChI=1S/C14H17BrINO2/c15-13-5-4-11(16)6-12(13)14(19)17-7-9-2-1-3-10(9)8-18/h4-6,9-10,18H,1-3,7-8H2,(H,17,19). The van der Waals surface area contributed by atoms with Gasteiger partial charge in [0.25, 0.3) is 5.91 Å². The number of aliphatic hydroxyl groups excluding tert-OH is 1. The molecule has 1 amide bonds. The fraction of sp³-hybridized carbons (Fsp3) is 0.500. The smallest absolute Gasteiger partial charge is 0.252 e. The van der Waals surface area contributed by atoms with Crippen molar-refractivity contribution in [3.05, 3.63) is 31.8 Å². The molecule has 2 unspecified atom stereocenters. The van der Waals surface area contributed by atoms with Crippen molar-refractivity contribution in [2.24, 2.45) is 11.8 Å². The molecule has 2 N–H and O–H groups in total. The third kappa shape index (κ3) is 3.92. The van der Waals surface area contributed by atoms with E-state index in [-0.39, 0.29) is 12.5 Å². The summed E-state index contributed by atoms with van der Waals surface area (Å²) >= 11 is 5.60. The quantitative estimate of drug-likeness (QED) is 0.710. The Labute approximate surface area is 135 Å². The molecule has 0 aliphatic heterocycles. The lowest BCUT2D eigenvalue weighted by Crippen LogP contribution is -2.31. The molecule has 2 atom stereocenters. The number of carbonyl (C=O) groups excluding carboxylic acids is 1. The van der Waals surface area contributed by atoms with Crippen molar-refractivity contribution in [2.45, 2.75) is 19.3 Å². The molecular formula is C14H17BrINO2. The summed E-state index contributed by atoms with van der Waals surface area (Å²) in [6.45, 7) is 0.884. The van der Waals surface area contributed by atoms with Crippen LogP contribution < -0.4 is 5.32 Å². The Morgan fingerprint density at radius 3 is 2.89 bits per heavy atom. The number of hydrogen-bond acceptors (Lipinski definition) is 2. The van der Waals surface area contributed by atoms with E-state index < -0.39 is 0 Å². The molecule has 5 heteroatoms. The van der Waals surface area contributed by atoms with Gasteiger partial charge in [-0.25, -0.2) is 0 Å². The van der Waals surface area contributed by atoms with Crippen LogP contribution in [0.1, 0.15) is 29.6 Å². The zero-order chi connectivity index (χ0) is 13.8. The molecule has 1 fully saturated rings. The fourth-order valence-electron chi connectivity index (χ4n) is 2.61. The van der Waals surface area contributed by atoms with Gasteiger partial charge in [-0.1, -0.05) is 6.42 Å². The van der Waals surface area contributed by atoms with Crippen LogP contribution in [-0.2, 0) is 0 Å². The lowest BCUT2D eigenvalue weighted by Gasteiger charge is -2.18. The summed E-state index contributed by atoms with van der Waals surface area (Å²) in [5, 5.41) is 12.3. The molecule has 0 aromatic heterocycles. The molecule has 1 aliphatic carbocycles. The molecule has 1 aromatic carbocycles. The topological polar surface area (TPSA) is 49.3 Å². The number of nitrogens with one attached hydrogen (secondary N) is 1. The van der Waals surface area contributed by atoms with E-state index >= 15 is 0 Å². The summed E-state index contributed by atoms with van der Waals surface area (Å²) in [6.07, 6.45) is 3.32. The maximum Gasteiger partial charge on any atom is 0.252 e. The summed E-state index contributed by atoms with van der Waals surface area (Å²) in [5.74, 6) is 0.712. The van der Waals surface area contributed by atoms with Crippen LogP contribution in [0.2, 0.25) is 0 Å². The first-order valence-electron chi connectivity index (χ1n) is 6.46. The van der Waals surface area contributed by atoms with Crippen molar-refractivity contribution < 1.29 is 9.90 Å². The van der Waals surface area contributed by atoms with Gasteiger partial charge in [0.05, 0.1) is 5.56 Å². The molecule has 0 spiro atoms. The monoisotopic (exact) mass is 437 g/mol. The van der Waals surface area contributed by atoms with Crippen LogP contribution in [0.3, 0.4) is 0 Å². The van der Waals surface area contributed by atoms with Crippen molar-refractivity contribution in [1.29, 1.82) is 0 Å². The zero-order valence-electron chi connectivity index (χ0n) is 10.5. The highest BCUT2D eigenvalue weighted by molar-refractivity contribution is 14.1. The molecule has 0 bridgehead atoms. The number of benzene rings is 1. The molecule has 1 aliphatic rings. The highest BCUT2D eigenvalue weighted by Gasteiger charge is 2.27. The van der Waals surface area contributed by atoms with E-state index in [2.05, 4.69) is 43.8 Å². The molecule has 0 saturated heterocycles. The Morgan fingerprint density at radius 1 is 1.42 bits per heavy atom. The van der Waals surface area contributed by atoms with Crippen molar-refractivity contribution in [3.8, 4) is 0 Å². The van der Waals surface area contributed by atoms with Crippen LogP contribution in [0.5, 0.6) is 0 Å². The predicted octanol–water partition coefficient (Wildman–Crippen LogP) is 3.19. The first-order chi connectivity index (χ1) is 9.11. The average molecular weight is 438 g/mol. The van der Waals surface area contributed by atoms with Crippen LogP contribution in [0, 0.1) is 15.4 Å². The van der Waals surface area contributed by atoms with E-state index in [9.17, 15) is 9.90 Å². The summed E-state index contributed by atoms with van der Waals surface area (Å²) in [7, 11) is 0. The van der Waals surface area contributed by atoms with Crippen LogP contribution in [0.15, 0.2) is 22.7 Å². The molecule has 19 heavy (non-hydrogen) atoms. The SMILES string of the molecule is O=C(NCC1CCCC1CO)c1cc(I)ccc1Br. The molecule has 1 saturated carbocycles. The summed E-state index contributed by atoms with van der Waals surface area (Å²) < 4.78 is 1.86. The summed E-state index contributed by atoms with van der Waals surface area (Å²) in [4.78, 5) is 12.2. The van der Waals surface area contributed by atoms with Gasteiger partial charge in [-0.15, -0.1) is 0 Å². The Balaban J connectivity index is 1.96. The lowest BCUT2D eigenvalue weighted by molar-refractivity contribution is 0.0937. The second-order valence-corrected chi connectivity index (χ2v) is 7.07. The first kappa shape index (κ1) is 15.3. The third-order valence-electron chi connectivity index (χ3n) is 3.75. The average Bonchev–Trinajstić information content (AvgIpc) is 2.86. The highest BCUT2D eigenvalue weighted by Crippen LogP contribution is 2.30. The minimum Gasteiger partial charge on any atom is -0.396 e. The molecule has 1 aromatic rings. The second kappa shape index (κ2) is 7.04. The number of halogens is 2. The minimum atomic E-state index is -0.0472. The second-order valence-electron chi connectivity index (χ2n) is 4.97. The lowest BCUT2D eigenvalue weighted by atomic mass is 9.97. The summed E-state index contributed by atoms with van der Waals surface area (Å²) in [6, 6.07) is 5.72. The number of carbonyl (C=O) groups is 1. The molecule has 0 heterocycles. The van der Waals surface area contributed by atoms with Gasteiger partial charge in [0.2, 0.25) is 0 Å². The van der Waals surface area contributed by atoms with Crippen LogP contribution in [0.4, 0.5) is 0 Å². The van der Waals surface area contributed by atoms with E-state index in [4.69, 9.17) is 0 Å². The van der Waals surface area contributed by atoms with Crippen molar-refractivity contribution >= 4 is 44.4 Å². The Kier molecular flexibility index (Phi) is 5.65. The molecule has 3 nitrogen and oxygen atoms in total. The first-order valence-corrected chi connectivity index (χ1v) is 8.33. The van der Waals surface area contributed by atoms with Gasteiger partial charge in [0.1, 0.15) is 0 Å². The Morgan fingerprint density at radius 2 is 2.16 bits per heavy atom. The van der Waals surface area contributed by atoms with Gasteiger partial charge >= 0.3 is 0 Å². The van der Waals surface area contributed by atoms with Gasteiger partial charge in [-0.2, -0.15) is 0 Å². The van der Waals surface area contributed by atoms with Gasteiger partial charge in [0.15, 0.2) is 0 Å². The van der Waals surface area contributed by atoms with E-state index in [1.165, 1.54) is 0 Å². The maximum atomic E-state index is 12.2. The van der Waals surface area contributed by atoms with E-state index in [1.54, 1.807) is 0 Å². The van der Waals surface area contributed by atoms with Gasteiger partial charge < -0.3 is 10.4 Å². The molecule has 104 valence electrons. The molecule has 2 rings (SSSR count). The van der Waals surface area contributed by atoms with Crippen LogP contribution >= 0.6 is 38.5 Å². The van der Waals surface area contributed by atoms with E-state index in [0.717, 1.165) is 27.3 Å². The van der Waals surface area contributed by atoms with Crippen molar-refractivity contribution in [3.63, 3.8) is 0 Å². The number of rotatable bonds is 4. The normalized spacial score (nSPS) is 22.5. The molecule has 0 radical (unpaired) electrons. The summed E-state index contributed by atoms with van der Waals surface area (Å²) in [5.41, 5.74) is 0.672. The Bertz CT molecular complexity index is 467. The minimum absolute atomic E-state index is 0.0472. The maximum absolute atomic E-state index is 12.2. The van der Waals surface area contributed by atoms with Gasteiger partial charge in [-0.05, 0) is 81.4 Å². The number of amides is 1. The number of aliphatic hydroxyl groups is 1. The van der Waals surface area contributed by atoms with E-state index in [0.29, 0.717) is 23.9 Å². The predicted molar refractivity (Wildman–Crippen MR) is 87.1 cm³/mol. The largest absolute Gasteiger partial charge is 0.396 e. The van der Waals surface area contributed by atoms with Gasteiger partial charge in [0, 0.05) is 21.2 Å². The molecular weight excluding hydrogens is 421 g/mol.